The average Bonchev–Trinajstić information content (AvgIpc) is 3.54. The Balaban J connectivity index is 1.57. The summed E-state index contributed by atoms with van der Waals surface area (Å²) in [5, 5.41) is 15.0. The summed E-state index contributed by atoms with van der Waals surface area (Å²) in [6.07, 6.45) is 2.19. The van der Waals surface area contributed by atoms with Crippen molar-refractivity contribution in [3.8, 4) is 0 Å². The topological polar surface area (TPSA) is 98.7 Å². The third kappa shape index (κ3) is 6.38. The van der Waals surface area contributed by atoms with Crippen molar-refractivity contribution in [2.75, 3.05) is 23.7 Å². The van der Waals surface area contributed by atoms with Gasteiger partial charge in [0, 0.05) is 29.2 Å². The van der Waals surface area contributed by atoms with Gasteiger partial charge in [0.15, 0.2) is 0 Å². The first kappa shape index (κ1) is 23.0. The summed E-state index contributed by atoms with van der Waals surface area (Å²) < 4.78 is 0.623. The number of nitrogens with one attached hydrogen (secondary N) is 2. The second-order valence-electron chi connectivity index (χ2n) is 7.81. The Morgan fingerprint density at radius 1 is 1.06 bits per heavy atom. The van der Waals surface area contributed by atoms with Crippen molar-refractivity contribution < 1.29 is 19.5 Å². The van der Waals surface area contributed by atoms with E-state index in [4.69, 9.17) is 0 Å². The van der Waals surface area contributed by atoms with Crippen molar-refractivity contribution in [2.24, 2.45) is 0 Å². The molecule has 7 nitrogen and oxygen atoms in total. The van der Waals surface area contributed by atoms with E-state index in [1.54, 1.807) is 12.1 Å². The van der Waals surface area contributed by atoms with Crippen LogP contribution in [0.2, 0.25) is 0 Å². The zero-order valence-corrected chi connectivity index (χ0v) is 19.2. The Morgan fingerprint density at radius 2 is 1.74 bits per heavy atom. The number of amides is 2. The van der Waals surface area contributed by atoms with E-state index in [1.807, 2.05) is 36.9 Å². The number of anilines is 2. The van der Waals surface area contributed by atoms with Crippen LogP contribution in [0.4, 0.5) is 11.4 Å². The van der Waals surface area contributed by atoms with Crippen LogP contribution < -0.4 is 10.6 Å². The van der Waals surface area contributed by atoms with Crippen LogP contribution >= 0.6 is 15.9 Å². The summed E-state index contributed by atoms with van der Waals surface area (Å²) >= 11 is 3.24. The normalized spacial score (nSPS) is 13.2. The quantitative estimate of drug-likeness (QED) is 0.492. The molecule has 31 heavy (non-hydrogen) atoms. The van der Waals surface area contributed by atoms with E-state index < -0.39 is 5.97 Å². The van der Waals surface area contributed by atoms with Crippen LogP contribution in [0.5, 0.6) is 0 Å². The summed E-state index contributed by atoms with van der Waals surface area (Å²) in [7, 11) is 0. The van der Waals surface area contributed by atoms with Crippen LogP contribution in [0.25, 0.3) is 0 Å². The van der Waals surface area contributed by atoms with Gasteiger partial charge in [-0.15, -0.1) is 0 Å². The molecule has 0 atom stereocenters. The Morgan fingerprint density at radius 3 is 2.35 bits per heavy atom. The Bertz CT molecular complexity index is 984. The monoisotopic (exact) mass is 487 g/mol. The molecule has 1 aliphatic rings. The van der Waals surface area contributed by atoms with Gasteiger partial charge in [0.25, 0.3) is 0 Å². The molecule has 2 amide bonds. The zero-order valence-electron chi connectivity index (χ0n) is 17.6. The van der Waals surface area contributed by atoms with Crippen LogP contribution in [0.3, 0.4) is 0 Å². The lowest BCUT2D eigenvalue weighted by atomic mass is 10.1. The lowest BCUT2D eigenvalue weighted by Gasteiger charge is -2.22. The van der Waals surface area contributed by atoms with E-state index in [-0.39, 0.29) is 36.0 Å². The van der Waals surface area contributed by atoms with Crippen molar-refractivity contribution in [1.29, 1.82) is 0 Å². The van der Waals surface area contributed by atoms with E-state index >= 15 is 0 Å². The number of carbonyl (C=O) groups excluding carboxylic acids is 2. The molecular weight excluding hydrogens is 462 g/mol. The van der Waals surface area contributed by atoms with Gasteiger partial charge in [-0.3, -0.25) is 14.5 Å². The number of hydrogen-bond acceptors (Lipinski definition) is 4. The molecule has 0 heterocycles. The van der Waals surface area contributed by atoms with Crippen molar-refractivity contribution in [3.05, 3.63) is 57.6 Å². The van der Waals surface area contributed by atoms with Crippen LogP contribution in [0.15, 0.2) is 40.9 Å². The van der Waals surface area contributed by atoms with Crippen molar-refractivity contribution in [3.63, 3.8) is 0 Å². The minimum atomic E-state index is -1.11. The van der Waals surface area contributed by atoms with Gasteiger partial charge in [0.1, 0.15) is 0 Å². The molecule has 0 spiro atoms. The molecule has 2 aromatic rings. The van der Waals surface area contributed by atoms with E-state index in [1.165, 1.54) is 6.07 Å². The fourth-order valence-electron chi connectivity index (χ4n) is 3.47. The fourth-order valence-corrected chi connectivity index (χ4v) is 3.83. The molecule has 164 valence electrons. The number of aromatic carboxylic acids is 1. The highest BCUT2D eigenvalue weighted by molar-refractivity contribution is 9.10. The predicted molar refractivity (Wildman–Crippen MR) is 123 cm³/mol. The highest BCUT2D eigenvalue weighted by Crippen LogP contribution is 2.27. The van der Waals surface area contributed by atoms with Crippen molar-refractivity contribution >= 4 is 45.1 Å². The van der Waals surface area contributed by atoms with E-state index in [0.717, 1.165) is 29.7 Å². The maximum atomic E-state index is 12.6. The van der Waals surface area contributed by atoms with Gasteiger partial charge in [0.2, 0.25) is 11.8 Å². The lowest BCUT2D eigenvalue weighted by Crippen LogP contribution is -2.37. The number of halogens is 1. The molecular formula is C23H26BrN3O4. The molecule has 0 aliphatic heterocycles. The van der Waals surface area contributed by atoms with E-state index in [9.17, 15) is 19.5 Å². The molecule has 1 aliphatic carbocycles. The second-order valence-corrected chi connectivity index (χ2v) is 8.73. The summed E-state index contributed by atoms with van der Waals surface area (Å²) in [5.41, 5.74) is 3.13. The SMILES string of the molecule is Cc1cccc(C)c1NC(=O)CN(CCC(=O)Nc1ccc(Br)cc1C(=O)O)C1CC1. The smallest absolute Gasteiger partial charge is 0.337 e. The Labute approximate surface area is 190 Å². The number of nitrogens with zero attached hydrogens (tertiary/aromatic N) is 1. The molecule has 3 rings (SSSR count). The molecule has 0 bridgehead atoms. The Hall–Kier alpha value is -2.71. The third-order valence-electron chi connectivity index (χ3n) is 5.27. The molecule has 0 radical (unpaired) electrons. The van der Waals surface area contributed by atoms with E-state index in [2.05, 4.69) is 26.6 Å². The van der Waals surface area contributed by atoms with Gasteiger partial charge < -0.3 is 15.7 Å². The van der Waals surface area contributed by atoms with Crippen molar-refractivity contribution in [1.82, 2.24) is 4.90 Å². The van der Waals surface area contributed by atoms with Gasteiger partial charge in [-0.2, -0.15) is 0 Å². The van der Waals surface area contributed by atoms with E-state index in [0.29, 0.717) is 17.1 Å². The van der Waals surface area contributed by atoms with Gasteiger partial charge in [-0.25, -0.2) is 4.79 Å². The number of hydrogen-bond donors (Lipinski definition) is 3. The van der Waals surface area contributed by atoms with Crippen LogP contribution in [0.1, 0.15) is 40.7 Å². The number of carboxylic acids is 1. The molecule has 0 aromatic heterocycles. The third-order valence-corrected chi connectivity index (χ3v) is 5.76. The fraction of sp³-hybridized carbons (Fsp3) is 0.348. The minimum absolute atomic E-state index is 0.0229. The average molecular weight is 488 g/mol. The molecule has 1 saturated carbocycles. The number of para-hydroxylation sites is 1. The summed E-state index contributed by atoms with van der Waals surface area (Å²) in [6, 6.07) is 10.9. The molecule has 0 unspecified atom stereocenters. The standard InChI is InChI=1S/C23H26BrN3O4/c1-14-4-3-5-15(2)22(14)26-21(29)13-27(17-7-8-17)11-10-20(28)25-19-9-6-16(24)12-18(19)23(30)31/h3-6,9,12,17H,7-8,10-11,13H2,1-2H3,(H,25,28)(H,26,29)(H,30,31). The number of benzene rings is 2. The summed E-state index contributed by atoms with van der Waals surface area (Å²) in [5.74, 6) is -1.50. The maximum absolute atomic E-state index is 12.6. The van der Waals surface area contributed by atoms with Gasteiger partial charge >= 0.3 is 5.97 Å². The largest absolute Gasteiger partial charge is 0.478 e. The van der Waals surface area contributed by atoms with Gasteiger partial charge in [0.05, 0.1) is 17.8 Å². The van der Waals surface area contributed by atoms with Gasteiger partial charge in [-0.1, -0.05) is 34.1 Å². The number of aryl methyl sites for hydroxylation is 2. The number of rotatable bonds is 9. The summed E-state index contributed by atoms with van der Waals surface area (Å²) in [4.78, 5) is 38.5. The maximum Gasteiger partial charge on any atom is 0.337 e. The first-order valence-corrected chi connectivity index (χ1v) is 11.0. The van der Waals surface area contributed by atoms with Crippen LogP contribution in [0, 0.1) is 13.8 Å². The zero-order chi connectivity index (χ0) is 22.5. The second kappa shape index (κ2) is 10.1. The Kier molecular flexibility index (Phi) is 7.46. The highest BCUT2D eigenvalue weighted by atomic mass is 79.9. The summed E-state index contributed by atoms with van der Waals surface area (Å²) in [6.45, 7) is 4.55. The first-order valence-electron chi connectivity index (χ1n) is 10.2. The molecule has 3 N–H and O–H groups in total. The van der Waals surface area contributed by atoms with Gasteiger partial charge in [-0.05, 0) is 56.0 Å². The first-order chi connectivity index (χ1) is 14.7. The number of carbonyl (C=O) groups is 3. The van der Waals surface area contributed by atoms with Crippen LogP contribution in [-0.2, 0) is 9.59 Å². The minimum Gasteiger partial charge on any atom is -0.478 e. The molecule has 0 saturated heterocycles. The molecule has 2 aromatic carbocycles. The predicted octanol–water partition coefficient (Wildman–Crippen LogP) is 4.20. The molecule has 8 heteroatoms. The highest BCUT2D eigenvalue weighted by Gasteiger charge is 2.30. The lowest BCUT2D eigenvalue weighted by molar-refractivity contribution is -0.119. The van der Waals surface area contributed by atoms with Crippen LogP contribution in [-0.4, -0.2) is 46.9 Å². The number of carboxylic acid groups (broad SMARTS) is 1. The molecule has 1 fully saturated rings. The van der Waals surface area contributed by atoms with Crippen molar-refractivity contribution in [2.45, 2.75) is 39.2 Å².